The van der Waals surface area contributed by atoms with Crippen LogP contribution in [0.1, 0.15) is 49.8 Å². The van der Waals surface area contributed by atoms with E-state index in [0.717, 1.165) is 62.4 Å². The van der Waals surface area contributed by atoms with Gasteiger partial charge in [0.15, 0.2) is 0 Å². The maximum Gasteiger partial charge on any atom is 0.317 e. The third kappa shape index (κ3) is 4.09. The molecule has 25 heavy (non-hydrogen) atoms. The van der Waals surface area contributed by atoms with E-state index in [1.54, 1.807) is 7.11 Å². The number of nitrogens with zero attached hydrogens (tertiary/aromatic N) is 1. The first-order chi connectivity index (χ1) is 12.0. The number of carbonyl (C=O) groups excluding carboxylic acids is 1. The van der Waals surface area contributed by atoms with E-state index < -0.39 is 0 Å². The molecule has 138 valence electrons. The number of methoxy groups -OCH3 is 1. The highest BCUT2D eigenvalue weighted by molar-refractivity contribution is 5.75. The zero-order chi connectivity index (χ0) is 17.9. The maximum absolute atomic E-state index is 12.8. The number of nitrogens with one attached hydrogen (secondary N) is 1. The number of ether oxygens (including phenoxy) is 2. The molecule has 0 saturated carbocycles. The van der Waals surface area contributed by atoms with Crippen LogP contribution in [0.15, 0.2) is 18.2 Å². The number of amides is 2. The summed E-state index contributed by atoms with van der Waals surface area (Å²) in [6.07, 6.45) is 4.42. The highest BCUT2D eigenvalue weighted by Crippen LogP contribution is 2.39. The molecule has 5 heteroatoms. The van der Waals surface area contributed by atoms with Crippen molar-refractivity contribution in [3.63, 3.8) is 0 Å². The molecule has 2 heterocycles. The molecule has 2 amide bonds. The summed E-state index contributed by atoms with van der Waals surface area (Å²) in [6, 6.07) is 6.01. The van der Waals surface area contributed by atoms with Crippen molar-refractivity contribution in [1.82, 2.24) is 10.2 Å². The summed E-state index contributed by atoms with van der Waals surface area (Å²) in [7, 11) is 1.67. The van der Waals surface area contributed by atoms with Crippen LogP contribution in [0.25, 0.3) is 0 Å². The van der Waals surface area contributed by atoms with Gasteiger partial charge in [-0.3, -0.25) is 0 Å². The largest absolute Gasteiger partial charge is 0.496 e. The average molecular weight is 346 g/mol. The van der Waals surface area contributed by atoms with Crippen molar-refractivity contribution in [1.29, 1.82) is 0 Å². The first-order valence-electron chi connectivity index (χ1n) is 9.31. The van der Waals surface area contributed by atoms with Gasteiger partial charge < -0.3 is 19.7 Å². The minimum atomic E-state index is -0.0880. The van der Waals surface area contributed by atoms with Crippen LogP contribution in [0.2, 0.25) is 0 Å². The standard InChI is InChI=1S/C20H30N2O3/c1-15-5-6-18(24-3)17(13-15)16(2)21-19(23)22-10-4-7-20(14-22)8-11-25-12-9-20/h5-6,13,16H,4,7-12,14H2,1-3H3,(H,21,23)/t16-/m1/s1. The third-order valence-corrected chi connectivity index (χ3v) is 5.69. The molecule has 2 saturated heterocycles. The fourth-order valence-corrected chi connectivity index (χ4v) is 4.14. The van der Waals surface area contributed by atoms with Crippen LogP contribution >= 0.6 is 0 Å². The van der Waals surface area contributed by atoms with Crippen molar-refractivity contribution in [3.8, 4) is 5.75 Å². The summed E-state index contributed by atoms with van der Waals surface area (Å²) in [5.41, 5.74) is 2.45. The van der Waals surface area contributed by atoms with Crippen molar-refractivity contribution >= 4 is 6.03 Å². The zero-order valence-electron chi connectivity index (χ0n) is 15.6. The predicted molar refractivity (Wildman–Crippen MR) is 98.0 cm³/mol. The molecule has 0 radical (unpaired) electrons. The highest BCUT2D eigenvalue weighted by atomic mass is 16.5. The van der Waals surface area contributed by atoms with Crippen LogP contribution in [-0.4, -0.2) is 44.3 Å². The number of piperidine rings is 1. The van der Waals surface area contributed by atoms with Crippen molar-refractivity contribution in [2.75, 3.05) is 33.4 Å². The fraction of sp³-hybridized carbons (Fsp3) is 0.650. The fourth-order valence-electron chi connectivity index (χ4n) is 4.14. The van der Waals surface area contributed by atoms with Crippen LogP contribution in [-0.2, 0) is 4.74 Å². The molecule has 2 aliphatic rings. The van der Waals surface area contributed by atoms with Crippen LogP contribution in [0, 0.1) is 12.3 Å². The maximum atomic E-state index is 12.8. The summed E-state index contributed by atoms with van der Waals surface area (Å²) in [6.45, 7) is 7.41. The molecular formula is C20H30N2O3. The number of urea groups is 1. The van der Waals surface area contributed by atoms with Crippen LogP contribution < -0.4 is 10.1 Å². The molecule has 1 aromatic carbocycles. The molecule has 5 nitrogen and oxygen atoms in total. The quantitative estimate of drug-likeness (QED) is 0.908. The first-order valence-corrected chi connectivity index (χ1v) is 9.31. The Labute approximate surface area is 150 Å². The van der Waals surface area contributed by atoms with Crippen molar-refractivity contribution < 1.29 is 14.3 Å². The van der Waals surface area contributed by atoms with Gasteiger partial charge in [0.25, 0.3) is 0 Å². The van der Waals surface area contributed by atoms with Gasteiger partial charge in [-0.05, 0) is 51.0 Å². The molecule has 3 rings (SSSR count). The Morgan fingerprint density at radius 1 is 1.32 bits per heavy atom. The summed E-state index contributed by atoms with van der Waals surface area (Å²) >= 11 is 0. The van der Waals surface area contributed by atoms with E-state index in [-0.39, 0.29) is 17.5 Å². The summed E-state index contributed by atoms with van der Waals surface area (Å²) in [4.78, 5) is 14.8. The van der Waals surface area contributed by atoms with Gasteiger partial charge in [-0.1, -0.05) is 17.7 Å². The molecule has 1 atom stereocenters. The smallest absolute Gasteiger partial charge is 0.317 e. The van der Waals surface area contributed by atoms with Gasteiger partial charge in [-0.25, -0.2) is 4.79 Å². The number of rotatable bonds is 3. The second kappa shape index (κ2) is 7.65. The van der Waals surface area contributed by atoms with Crippen LogP contribution in [0.4, 0.5) is 4.79 Å². The van der Waals surface area contributed by atoms with E-state index in [2.05, 4.69) is 18.3 Å². The average Bonchev–Trinajstić information content (AvgIpc) is 2.62. The molecule has 0 aliphatic carbocycles. The minimum Gasteiger partial charge on any atom is -0.496 e. The number of benzene rings is 1. The van der Waals surface area contributed by atoms with Gasteiger partial charge in [-0.15, -0.1) is 0 Å². The predicted octanol–water partition coefficient (Wildman–Crippen LogP) is 3.67. The van der Waals surface area contributed by atoms with Crippen molar-refractivity contribution in [2.45, 2.75) is 45.6 Å². The first kappa shape index (κ1) is 18.1. The molecule has 1 spiro atoms. The lowest BCUT2D eigenvalue weighted by atomic mass is 9.74. The SMILES string of the molecule is COc1ccc(C)cc1[C@@H](C)NC(=O)N1CCCC2(CCOCC2)C1. The number of carbonyl (C=O) groups is 1. The molecule has 0 aromatic heterocycles. The summed E-state index contributed by atoms with van der Waals surface area (Å²) < 4.78 is 11.0. The normalized spacial score (nSPS) is 21.0. The lowest BCUT2D eigenvalue weighted by Gasteiger charge is -2.45. The van der Waals surface area contributed by atoms with E-state index in [4.69, 9.17) is 9.47 Å². The molecule has 2 aliphatic heterocycles. The topological polar surface area (TPSA) is 50.8 Å². The lowest BCUT2D eigenvalue weighted by molar-refractivity contribution is -0.0187. The molecule has 0 bridgehead atoms. The number of hydrogen-bond donors (Lipinski definition) is 1. The van der Waals surface area contributed by atoms with E-state index in [1.165, 1.54) is 6.42 Å². The Bertz CT molecular complexity index is 605. The lowest BCUT2D eigenvalue weighted by Crippen LogP contribution is -2.51. The van der Waals surface area contributed by atoms with Crippen molar-refractivity contribution in [2.24, 2.45) is 5.41 Å². The number of aryl methyl sites for hydroxylation is 1. The Morgan fingerprint density at radius 3 is 2.80 bits per heavy atom. The highest BCUT2D eigenvalue weighted by Gasteiger charge is 2.38. The van der Waals surface area contributed by atoms with Crippen LogP contribution in [0.5, 0.6) is 5.75 Å². The molecule has 2 fully saturated rings. The number of hydrogen-bond acceptors (Lipinski definition) is 3. The molecule has 1 N–H and O–H groups in total. The molecule has 0 unspecified atom stereocenters. The van der Waals surface area contributed by atoms with Crippen molar-refractivity contribution in [3.05, 3.63) is 29.3 Å². The second-order valence-corrected chi connectivity index (χ2v) is 7.55. The Morgan fingerprint density at radius 2 is 2.08 bits per heavy atom. The Hall–Kier alpha value is -1.75. The molecular weight excluding hydrogens is 316 g/mol. The van der Waals surface area contributed by atoms with E-state index in [1.807, 2.05) is 24.0 Å². The van der Waals surface area contributed by atoms with Gasteiger partial charge >= 0.3 is 6.03 Å². The molecule has 1 aromatic rings. The van der Waals surface area contributed by atoms with E-state index in [9.17, 15) is 4.79 Å². The van der Waals surface area contributed by atoms with Gasteiger partial charge in [0.2, 0.25) is 0 Å². The van der Waals surface area contributed by atoms with Crippen LogP contribution in [0.3, 0.4) is 0 Å². The van der Waals surface area contributed by atoms with E-state index in [0.29, 0.717) is 0 Å². The third-order valence-electron chi connectivity index (χ3n) is 5.69. The van der Waals surface area contributed by atoms with Gasteiger partial charge in [-0.2, -0.15) is 0 Å². The van der Waals surface area contributed by atoms with Gasteiger partial charge in [0, 0.05) is 31.9 Å². The Balaban J connectivity index is 1.66. The number of likely N-dealkylation sites (tertiary alicyclic amines) is 1. The Kier molecular flexibility index (Phi) is 5.52. The zero-order valence-corrected chi connectivity index (χ0v) is 15.6. The monoisotopic (exact) mass is 346 g/mol. The summed E-state index contributed by atoms with van der Waals surface area (Å²) in [5.74, 6) is 0.818. The van der Waals surface area contributed by atoms with Gasteiger partial charge in [0.05, 0.1) is 13.2 Å². The minimum absolute atomic E-state index is 0.0293. The summed E-state index contributed by atoms with van der Waals surface area (Å²) in [5, 5.41) is 3.17. The second-order valence-electron chi connectivity index (χ2n) is 7.55. The van der Waals surface area contributed by atoms with Gasteiger partial charge in [0.1, 0.15) is 5.75 Å². The van der Waals surface area contributed by atoms with E-state index >= 15 is 0 Å².